The second-order valence-electron chi connectivity index (χ2n) is 7.55. The first kappa shape index (κ1) is 17.4. The zero-order valence-electron chi connectivity index (χ0n) is 14.9. The molecule has 3 rings (SSSR count). The van der Waals surface area contributed by atoms with Crippen molar-refractivity contribution in [2.24, 2.45) is 23.7 Å². The molecule has 4 unspecified atom stereocenters. The van der Waals surface area contributed by atoms with Gasteiger partial charge in [-0.05, 0) is 62.7 Å². The summed E-state index contributed by atoms with van der Waals surface area (Å²) in [6, 6.07) is 0.560. The minimum atomic E-state index is 0.560. The molecule has 0 aromatic carbocycles. The van der Waals surface area contributed by atoms with Crippen molar-refractivity contribution in [1.82, 2.24) is 4.90 Å². The Morgan fingerprint density at radius 2 is 1.86 bits per heavy atom. The lowest BCUT2D eigenvalue weighted by molar-refractivity contribution is -0.100. The van der Waals surface area contributed by atoms with Gasteiger partial charge in [0.2, 0.25) is 0 Å². The number of fused-ring (bicyclic) bond motifs is 1. The summed E-state index contributed by atoms with van der Waals surface area (Å²) < 4.78 is 0. The van der Waals surface area contributed by atoms with Crippen molar-refractivity contribution in [3.8, 4) is 6.19 Å². The summed E-state index contributed by atoms with van der Waals surface area (Å²) in [6.07, 6.45) is 13.2. The number of rotatable bonds is 5. The van der Waals surface area contributed by atoms with Crippen LogP contribution in [-0.2, 0) is 0 Å². The third-order valence-electron chi connectivity index (χ3n) is 6.00. The van der Waals surface area contributed by atoms with Crippen molar-refractivity contribution in [3.63, 3.8) is 0 Å². The molecular formula is C20H34N2. The van der Waals surface area contributed by atoms with Crippen LogP contribution < -0.4 is 0 Å². The van der Waals surface area contributed by atoms with Crippen LogP contribution in [0.1, 0.15) is 72.1 Å². The molecule has 3 fully saturated rings. The first-order valence-corrected chi connectivity index (χ1v) is 9.49. The molecule has 3 aliphatic rings. The fraction of sp³-hybridized carbons (Fsp3) is 0.850. The van der Waals surface area contributed by atoms with Gasteiger partial charge in [-0.2, -0.15) is 5.26 Å². The number of allylic oxidation sites excluding steroid dienone is 1. The molecule has 2 heteroatoms. The van der Waals surface area contributed by atoms with Crippen molar-refractivity contribution in [1.29, 1.82) is 5.26 Å². The molecule has 3 aliphatic carbocycles. The van der Waals surface area contributed by atoms with Gasteiger partial charge in [-0.3, -0.25) is 0 Å². The third-order valence-corrected chi connectivity index (χ3v) is 6.00. The van der Waals surface area contributed by atoms with E-state index < -0.39 is 0 Å². The van der Waals surface area contributed by atoms with Crippen LogP contribution in [-0.4, -0.2) is 17.5 Å². The van der Waals surface area contributed by atoms with E-state index in [-0.39, 0.29) is 0 Å². The van der Waals surface area contributed by atoms with E-state index in [2.05, 4.69) is 24.6 Å². The van der Waals surface area contributed by atoms with Crippen LogP contribution >= 0.6 is 0 Å². The Morgan fingerprint density at radius 3 is 2.41 bits per heavy atom. The van der Waals surface area contributed by atoms with E-state index in [0.29, 0.717) is 6.04 Å². The average molecular weight is 303 g/mol. The Bertz CT molecular complexity index is 402. The molecule has 0 aromatic rings. The van der Waals surface area contributed by atoms with E-state index in [4.69, 9.17) is 0 Å². The summed E-state index contributed by atoms with van der Waals surface area (Å²) in [5, 5.41) is 9.55. The van der Waals surface area contributed by atoms with Gasteiger partial charge in [-0.15, -0.1) is 6.58 Å². The monoisotopic (exact) mass is 302 g/mol. The van der Waals surface area contributed by atoms with Crippen LogP contribution in [0.25, 0.3) is 0 Å². The lowest BCUT2D eigenvalue weighted by Gasteiger charge is -2.60. The lowest BCUT2D eigenvalue weighted by Crippen LogP contribution is -2.61. The van der Waals surface area contributed by atoms with Crippen LogP contribution in [0, 0.1) is 35.1 Å². The highest BCUT2D eigenvalue weighted by Crippen LogP contribution is 2.57. The van der Waals surface area contributed by atoms with E-state index in [1.54, 1.807) is 0 Å². The number of hydrogen-bond acceptors (Lipinski definition) is 2. The SMILES string of the molecule is C=C(C)CC1CC2CC(N(C#N)CC3CCCCC3)C12.CC. The van der Waals surface area contributed by atoms with Gasteiger partial charge in [0, 0.05) is 12.6 Å². The van der Waals surface area contributed by atoms with Gasteiger partial charge < -0.3 is 4.90 Å². The smallest absolute Gasteiger partial charge is 0.179 e. The second-order valence-corrected chi connectivity index (χ2v) is 7.55. The Balaban J connectivity index is 0.000000847. The van der Waals surface area contributed by atoms with Crippen LogP contribution in [0.5, 0.6) is 0 Å². The fourth-order valence-corrected chi connectivity index (χ4v) is 4.95. The van der Waals surface area contributed by atoms with E-state index in [1.807, 2.05) is 13.8 Å². The van der Waals surface area contributed by atoms with Crippen LogP contribution in [0.15, 0.2) is 12.2 Å². The van der Waals surface area contributed by atoms with Crippen LogP contribution in [0.2, 0.25) is 0 Å². The Kier molecular flexibility index (Phi) is 6.36. The van der Waals surface area contributed by atoms with Crippen LogP contribution in [0.3, 0.4) is 0 Å². The lowest BCUT2D eigenvalue weighted by atomic mass is 9.49. The summed E-state index contributed by atoms with van der Waals surface area (Å²) in [7, 11) is 0. The first-order chi connectivity index (χ1) is 10.7. The van der Waals surface area contributed by atoms with Crippen molar-refractivity contribution in [2.45, 2.75) is 78.2 Å². The van der Waals surface area contributed by atoms with Crippen molar-refractivity contribution >= 4 is 0 Å². The molecule has 0 radical (unpaired) electrons. The maximum atomic E-state index is 9.55. The average Bonchev–Trinajstić information content (AvgIpc) is 2.51. The van der Waals surface area contributed by atoms with Crippen molar-refractivity contribution < 1.29 is 0 Å². The summed E-state index contributed by atoms with van der Waals surface area (Å²) in [5.41, 5.74) is 1.31. The minimum Gasteiger partial charge on any atom is -0.307 e. The van der Waals surface area contributed by atoms with Crippen molar-refractivity contribution in [3.05, 3.63) is 12.2 Å². The topological polar surface area (TPSA) is 27.0 Å². The summed E-state index contributed by atoms with van der Waals surface area (Å²) >= 11 is 0. The van der Waals surface area contributed by atoms with Gasteiger partial charge in [-0.1, -0.05) is 38.7 Å². The molecule has 0 saturated heterocycles. The molecular weight excluding hydrogens is 268 g/mol. The van der Waals surface area contributed by atoms with E-state index in [1.165, 1.54) is 56.9 Å². The molecule has 22 heavy (non-hydrogen) atoms. The fourth-order valence-electron chi connectivity index (χ4n) is 4.95. The molecule has 2 nitrogen and oxygen atoms in total. The Morgan fingerprint density at radius 1 is 1.18 bits per heavy atom. The van der Waals surface area contributed by atoms with E-state index in [0.717, 1.165) is 30.2 Å². The van der Waals surface area contributed by atoms with Gasteiger partial charge in [0.15, 0.2) is 6.19 Å². The first-order valence-electron chi connectivity index (χ1n) is 9.49. The molecule has 3 saturated carbocycles. The number of nitrogens with zero attached hydrogens (tertiary/aromatic N) is 2. The Hall–Kier alpha value is -0.970. The normalized spacial score (nSPS) is 33.2. The molecule has 0 amide bonds. The maximum absolute atomic E-state index is 9.55. The highest BCUT2D eigenvalue weighted by molar-refractivity contribution is 5.11. The van der Waals surface area contributed by atoms with Gasteiger partial charge in [0.25, 0.3) is 0 Å². The molecule has 124 valence electrons. The molecule has 0 bridgehead atoms. The second kappa shape index (κ2) is 8.04. The summed E-state index contributed by atoms with van der Waals surface area (Å²) in [5.74, 6) is 3.32. The number of hydrogen-bond donors (Lipinski definition) is 0. The molecule has 0 heterocycles. The Labute approximate surface area is 137 Å². The standard InChI is InChI=1S/C18H28N2.C2H6/c1-13(2)8-15-9-16-10-17(18(15)16)20(12-19)11-14-6-4-3-5-7-14;1-2/h14-18H,1,3-11H2,2H3;1-2H3. The quantitative estimate of drug-likeness (QED) is 0.388. The van der Waals surface area contributed by atoms with Crippen molar-refractivity contribution in [2.75, 3.05) is 6.54 Å². The van der Waals surface area contributed by atoms with Gasteiger partial charge >= 0.3 is 0 Å². The molecule has 0 aromatic heterocycles. The maximum Gasteiger partial charge on any atom is 0.179 e. The van der Waals surface area contributed by atoms with Gasteiger partial charge in [0.05, 0.1) is 0 Å². The summed E-state index contributed by atoms with van der Waals surface area (Å²) in [6.45, 7) is 11.2. The van der Waals surface area contributed by atoms with Gasteiger partial charge in [0.1, 0.15) is 0 Å². The minimum absolute atomic E-state index is 0.560. The molecule has 0 aliphatic heterocycles. The third kappa shape index (κ3) is 3.67. The molecule has 4 atom stereocenters. The predicted octanol–water partition coefficient (Wildman–Crippen LogP) is 5.37. The van der Waals surface area contributed by atoms with E-state index >= 15 is 0 Å². The predicted molar refractivity (Wildman–Crippen MR) is 93.2 cm³/mol. The zero-order chi connectivity index (χ0) is 16.1. The number of nitriles is 1. The zero-order valence-corrected chi connectivity index (χ0v) is 14.9. The van der Waals surface area contributed by atoms with Crippen LogP contribution in [0.4, 0.5) is 0 Å². The highest BCUT2D eigenvalue weighted by Gasteiger charge is 2.55. The molecule has 0 N–H and O–H groups in total. The van der Waals surface area contributed by atoms with E-state index in [9.17, 15) is 5.26 Å². The van der Waals surface area contributed by atoms with Gasteiger partial charge in [-0.25, -0.2) is 0 Å². The highest BCUT2D eigenvalue weighted by atomic mass is 15.2. The summed E-state index contributed by atoms with van der Waals surface area (Å²) in [4.78, 5) is 2.15. The molecule has 0 spiro atoms. The largest absolute Gasteiger partial charge is 0.307 e.